The van der Waals surface area contributed by atoms with Gasteiger partial charge in [0.1, 0.15) is 11.5 Å². The summed E-state index contributed by atoms with van der Waals surface area (Å²) in [5.74, 6) is 0.600. The molecule has 11 heteroatoms. The lowest BCUT2D eigenvalue weighted by Gasteiger charge is -2.21. The predicted molar refractivity (Wildman–Crippen MR) is 139 cm³/mol. The number of amides is 1. The van der Waals surface area contributed by atoms with Crippen LogP contribution in [0.25, 0.3) is 11.3 Å². The van der Waals surface area contributed by atoms with Gasteiger partial charge in [-0.05, 0) is 55.8 Å². The van der Waals surface area contributed by atoms with E-state index in [1.165, 1.54) is 24.5 Å². The molecule has 0 aliphatic carbocycles. The number of rotatable bonds is 11. The van der Waals surface area contributed by atoms with Crippen LogP contribution in [0.3, 0.4) is 0 Å². The number of carbonyl (C=O) groups is 1. The van der Waals surface area contributed by atoms with Gasteiger partial charge in [-0.2, -0.15) is 4.31 Å². The van der Waals surface area contributed by atoms with Crippen LogP contribution in [-0.2, 0) is 14.8 Å². The number of likely N-dealkylation sites (N-methyl/N-ethyl adjacent to an activating group) is 1. The number of aromatic nitrogens is 1. The highest BCUT2D eigenvalue weighted by Crippen LogP contribution is 2.32. The quantitative estimate of drug-likeness (QED) is 0.391. The molecule has 1 amide bonds. The van der Waals surface area contributed by atoms with Crippen molar-refractivity contribution in [2.24, 2.45) is 0 Å². The highest BCUT2D eigenvalue weighted by molar-refractivity contribution is 7.89. The molecule has 0 fully saturated rings. The van der Waals surface area contributed by atoms with Crippen molar-refractivity contribution < 1.29 is 22.7 Å². The lowest BCUT2D eigenvalue weighted by atomic mass is 10.1. The smallest absolute Gasteiger partial charge is 0.243 e. The van der Waals surface area contributed by atoms with Crippen LogP contribution in [0.15, 0.2) is 46.7 Å². The molecule has 3 rings (SSSR count). The first-order valence-corrected chi connectivity index (χ1v) is 13.4. The van der Waals surface area contributed by atoms with Gasteiger partial charge in [0.15, 0.2) is 5.13 Å². The summed E-state index contributed by atoms with van der Waals surface area (Å²) in [6.07, 6.45) is 0. The second kappa shape index (κ2) is 11.5. The van der Waals surface area contributed by atoms with Crippen LogP contribution in [0, 0.1) is 6.92 Å². The van der Waals surface area contributed by atoms with Crippen LogP contribution in [0.4, 0.5) is 10.8 Å². The fourth-order valence-electron chi connectivity index (χ4n) is 3.45. The lowest BCUT2D eigenvalue weighted by molar-refractivity contribution is -0.116. The average Bonchev–Trinajstić information content (AvgIpc) is 3.33. The number of sulfonamides is 1. The Kier molecular flexibility index (Phi) is 8.71. The minimum absolute atomic E-state index is 0.108. The maximum absolute atomic E-state index is 13.2. The number of aryl methyl sites for hydroxylation is 1. The van der Waals surface area contributed by atoms with Crippen molar-refractivity contribution in [3.05, 3.63) is 47.3 Å². The molecule has 0 spiro atoms. The van der Waals surface area contributed by atoms with Crippen molar-refractivity contribution in [1.29, 1.82) is 0 Å². The summed E-state index contributed by atoms with van der Waals surface area (Å²) in [6.45, 7) is 5.60. The number of nitrogens with zero attached hydrogens (tertiary/aromatic N) is 2. The molecule has 1 aromatic heterocycles. The summed E-state index contributed by atoms with van der Waals surface area (Å²) < 4.78 is 38.5. The Hall–Kier alpha value is -3.15. The standard InChI is InChI=1S/C24H30N4O5S2/c1-6-28(35(30,31)18-9-11-21(33-7-2)16(3)12-18)14-23(29)26-19-13-17(8-10-22(19)32-5)20-15-34-24(25-4)27-20/h8-13,15H,6-7,14H2,1-5H3,(H,25,27)(H,26,29). The molecule has 35 heavy (non-hydrogen) atoms. The third kappa shape index (κ3) is 6.11. The number of benzene rings is 2. The Labute approximate surface area is 210 Å². The number of thiazole rings is 1. The van der Waals surface area contributed by atoms with E-state index in [4.69, 9.17) is 9.47 Å². The molecule has 188 valence electrons. The Bertz CT molecular complexity index is 1290. The fourth-order valence-corrected chi connectivity index (χ4v) is 5.62. The molecule has 0 aliphatic rings. The SMILES string of the molecule is CCOc1ccc(S(=O)(=O)N(CC)CC(=O)Nc2cc(-c3csc(NC)n3)ccc2OC)cc1C. The third-order valence-electron chi connectivity index (χ3n) is 5.24. The molecule has 2 N–H and O–H groups in total. The van der Waals surface area contributed by atoms with Gasteiger partial charge < -0.3 is 20.1 Å². The van der Waals surface area contributed by atoms with Crippen molar-refractivity contribution in [2.75, 3.05) is 44.5 Å². The summed E-state index contributed by atoms with van der Waals surface area (Å²) in [6, 6.07) is 10.0. The van der Waals surface area contributed by atoms with Gasteiger partial charge in [0.2, 0.25) is 15.9 Å². The average molecular weight is 519 g/mol. The van der Waals surface area contributed by atoms with Crippen molar-refractivity contribution >= 4 is 38.1 Å². The highest BCUT2D eigenvalue weighted by Gasteiger charge is 2.26. The lowest BCUT2D eigenvalue weighted by Crippen LogP contribution is -2.37. The number of ether oxygens (including phenoxy) is 2. The first-order chi connectivity index (χ1) is 16.7. The molecular weight excluding hydrogens is 488 g/mol. The zero-order valence-electron chi connectivity index (χ0n) is 20.4. The normalized spacial score (nSPS) is 11.4. The fraction of sp³-hybridized carbons (Fsp3) is 0.333. The number of nitrogens with one attached hydrogen (secondary N) is 2. The topological polar surface area (TPSA) is 110 Å². The molecule has 3 aromatic rings. The van der Waals surface area contributed by atoms with Crippen LogP contribution < -0.4 is 20.1 Å². The van der Waals surface area contributed by atoms with E-state index < -0.39 is 15.9 Å². The molecule has 9 nitrogen and oxygen atoms in total. The summed E-state index contributed by atoms with van der Waals surface area (Å²) >= 11 is 1.47. The van der Waals surface area contributed by atoms with E-state index in [9.17, 15) is 13.2 Å². The molecule has 0 saturated heterocycles. The van der Waals surface area contributed by atoms with E-state index >= 15 is 0 Å². The van der Waals surface area contributed by atoms with Gasteiger partial charge in [-0.15, -0.1) is 11.3 Å². The van der Waals surface area contributed by atoms with E-state index in [-0.39, 0.29) is 18.0 Å². The summed E-state index contributed by atoms with van der Waals surface area (Å²) in [5.41, 5.74) is 2.68. The van der Waals surface area contributed by atoms with Gasteiger partial charge in [-0.25, -0.2) is 13.4 Å². The molecular formula is C24H30N4O5S2. The van der Waals surface area contributed by atoms with Gasteiger partial charge in [0, 0.05) is 24.5 Å². The number of methoxy groups -OCH3 is 1. The number of anilines is 2. The first-order valence-electron chi connectivity index (χ1n) is 11.1. The maximum atomic E-state index is 13.2. The van der Waals surface area contributed by atoms with Gasteiger partial charge in [0.25, 0.3) is 0 Å². The zero-order valence-corrected chi connectivity index (χ0v) is 22.0. The van der Waals surface area contributed by atoms with E-state index in [1.54, 1.807) is 45.2 Å². The summed E-state index contributed by atoms with van der Waals surface area (Å²) in [4.78, 5) is 17.5. The molecule has 0 aliphatic heterocycles. The van der Waals surface area contributed by atoms with Gasteiger partial charge >= 0.3 is 0 Å². The van der Waals surface area contributed by atoms with Crippen molar-refractivity contribution in [2.45, 2.75) is 25.7 Å². The van der Waals surface area contributed by atoms with Crippen molar-refractivity contribution in [1.82, 2.24) is 9.29 Å². The van der Waals surface area contributed by atoms with E-state index in [0.717, 1.165) is 20.7 Å². The second-order valence-corrected chi connectivity index (χ2v) is 10.3. The van der Waals surface area contributed by atoms with Crippen LogP contribution in [0.1, 0.15) is 19.4 Å². The minimum Gasteiger partial charge on any atom is -0.495 e. The van der Waals surface area contributed by atoms with Crippen molar-refractivity contribution in [3.8, 4) is 22.8 Å². The summed E-state index contributed by atoms with van der Waals surface area (Å²) in [5, 5.41) is 8.47. The Morgan fingerprint density at radius 1 is 1.14 bits per heavy atom. The molecule has 0 bridgehead atoms. The molecule has 0 radical (unpaired) electrons. The first kappa shape index (κ1) is 26.5. The van der Waals surface area contributed by atoms with Crippen LogP contribution in [0.5, 0.6) is 11.5 Å². The van der Waals surface area contributed by atoms with E-state index in [1.807, 2.05) is 18.4 Å². The van der Waals surface area contributed by atoms with E-state index in [2.05, 4.69) is 15.6 Å². The Morgan fingerprint density at radius 3 is 2.49 bits per heavy atom. The number of carbonyl (C=O) groups excluding carboxylic acids is 1. The highest BCUT2D eigenvalue weighted by atomic mass is 32.2. The van der Waals surface area contributed by atoms with Crippen molar-refractivity contribution in [3.63, 3.8) is 0 Å². The summed E-state index contributed by atoms with van der Waals surface area (Å²) in [7, 11) is -0.590. The van der Waals surface area contributed by atoms with Crippen LogP contribution >= 0.6 is 11.3 Å². The minimum atomic E-state index is -3.89. The molecule has 0 unspecified atom stereocenters. The zero-order chi connectivity index (χ0) is 25.6. The van der Waals surface area contributed by atoms with Crippen LogP contribution in [-0.4, -0.2) is 57.5 Å². The van der Waals surface area contributed by atoms with Gasteiger partial charge in [-0.3, -0.25) is 4.79 Å². The molecule has 0 atom stereocenters. The van der Waals surface area contributed by atoms with Crippen LogP contribution in [0.2, 0.25) is 0 Å². The third-order valence-corrected chi connectivity index (χ3v) is 8.02. The van der Waals surface area contributed by atoms with E-state index in [0.29, 0.717) is 29.4 Å². The second-order valence-electron chi connectivity index (χ2n) is 7.54. The number of hydrogen-bond acceptors (Lipinski definition) is 8. The molecule has 0 saturated carbocycles. The largest absolute Gasteiger partial charge is 0.495 e. The van der Waals surface area contributed by atoms with Gasteiger partial charge in [-0.1, -0.05) is 6.92 Å². The Morgan fingerprint density at radius 2 is 1.89 bits per heavy atom. The van der Waals surface area contributed by atoms with Gasteiger partial charge in [0.05, 0.1) is 36.5 Å². The Balaban J connectivity index is 1.80. The molecule has 2 aromatic carbocycles. The monoisotopic (exact) mass is 518 g/mol. The predicted octanol–water partition coefficient (Wildman–Crippen LogP) is 4.22. The molecule has 1 heterocycles. The maximum Gasteiger partial charge on any atom is 0.243 e. The number of hydrogen-bond donors (Lipinski definition) is 2.